The van der Waals surface area contributed by atoms with E-state index in [4.69, 9.17) is 11.6 Å². The maximum absolute atomic E-state index is 9.93. The minimum atomic E-state index is 0.282. The van der Waals surface area contributed by atoms with Gasteiger partial charge in [0.05, 0.1) is 10.5 Å². The molecule has 0 aliphatic carbocycles. The Morgan fingerprint density at radius 2 is 2.11 bits per heavy atom. The number of H-pyrrole nitrogens is 1. The number of aromatic amines is 1. The molecule has 0 bridgehead atoms. The number of phenolic OH excluding ortho intramolecular Hbond substituents is 1. The van der Waals surface area contributed by atoms with E-state index < -0.39 is 0 Å². The van der Waals surface area contributed by atoms with Gasteiger partial charge < -0.3 is 10.1 Å². The van der Waals surface area contributed by atoms with Crippen molar-refractivity contribution in [3.05, 3.63) is 53.6 Å². The fourth-order valence-electron chi connectivity index (χ4n) is 2.31. The van der Waals surface area contributed by atoms with Gasteiger partial charge in [-0.25, -0.2) is 0 Å². The summed E-state index contributed by atoms with van der Waals surface area (Å²) in [5, 5.41) is 12.7. The number of rotatable bonds is 2. The highest BCUT2D eigenvalue weighted by Crippen LogP contribution is 2.34. The van der Waals surface area contributed by atoms with Crippen LogP contribution in [-0.4, -0.2) is 10.1 Å². The van der Waals surface area contributed by atoms with E-state index in [1.807, 2.05) is 24.3 Å². The molecule has 3 aromatic rings. The summed E-state index contributed by atoms with van der Waals surface area (Å²) in [5.41, 5.74) is 2.73. The van der Waals surface area contributed by atoms with Crippen molar-refractivity contribution in [3.63, 3.8) is 0 Å². The van der Waals surface area contributed by atoms with Gasteiger partial charge in [0.1, 0.15) is 5.75 Å². The monoisotopic (exact) mass is 257 g/mol. The maximum Gasteiger partial charge on any atom is 0.121 e. The van der Waals surface area contributed by atoms with Gasteiger partial charge in [0.2, 0.25) is 0 Å². The second-order valence-electron chi connectivity index (χ2n) is 4.31. The van der Waals surface area contributed by atoms with Gasteiger partial charge >= 0.3 is 0 Å². The molecule has 3 heteroatoms. The summed E-state index contributed by atoms with van der Waals surface area (Å²) >= 11 is 6.24. The van der Waals surface area contributed by atoms with Gasteiger partial charge in [0.15, 0.2) is 0 Å². The lowest BCUT2D eigenvalue weighted by molar-refractivity contribution is 0.470. The molecule has 3 rings (SSSR count). The van der Waals surface area contributed by atoms with E-state index in [2.05, 4.69) is 11.6 Å². The van der Waals surface area contributed by atoms with Crippen LogP contribution in [-0.2, 0) is 6.42 Å². The molecule has 0 aliphatic heterocycles. The maximum atomic E-state index is 9.93. The molecule has 0 radical (unpaired) electrons. The number of halogens is 1. The van der Waals surface area contributed by atoms with Gasteiger partial charge in [-0.15, -0.1) is 6.58 Å². The van der Waals surface area contributed by atoms with Gasteiger partial charge in [-0.1, -0.05) is 23.7 Å². The first-order valence-corrected chi connectivity index (χ1v) is 6.11. The first-order chi connectivity index (χ1) is 8.70. The zero-order valence-electron chi connectivity index (χ0n) is 9.70. The number of phenols is 1. The molecule has 0 atom stereocenters. The predicted molar refractivity (Wildman–Crippen MR) is 76.4 cm³/mol. The highest BCUT2D eigenvalue weighted by atomic mass is 35.5. The average molecular weight is 258 g/mol. The normalized spacial score (nSPS) is 11.2. The minimum Gasteiger partial charge on any atom is -0.508 e. The molecule has 18 heavy (non-hydrogen) atoms. The molecular formula is C15H12ClNO. The Morgan fingerprint density at radius 3 is 2.89 bits per heavy atom. The summed E-state index contributed by atoms with van der Waals surface area (Å²) in [7, 11) is 0. The Labute approximate surface area is 110 Å². The van der Waals surface area contributed by atoms with Crippen LogP contribution in [0.5, 0.6) is 5.75 Å². The Morgan fingerprint density at radius 1 is 1.28 bits per heavy atom. The van der Waals surface area contributed by atoms with Gasteiger partial charge in [-0.3, -0.25) is 0 Å². The zero-order valence-corrected chi connectivity index (χ0v) is 10.5. The van der Waals surface area contributed by atoms with Crippen molar-refractivity contribution < 1.29 is 5.11 Å². The van der Waals surface area contributed by atoms with Crippen molar-refractivity contribution in [1.82, 2.24) is 4.98 Å². The molecule has 1 aromatic heterocycles. The third-order valence-electron chi connectivity index (χ3n) is 3.14. The number of fused-ring (bicyclic) bond motifs is 3. The second kappa shape index (κ2) is 4.07. The standard InChI is InChI=1S/C15H12ClNO/c1-2-4-9-7-10-13(8-14(9)18)17-12-6-3-5-11(16)15(10)12/h2-3,5-8,17-18H,1,4H2. The second-order valence-corrected chi connectivity index (χ2v) is 4.71. The molecule has 2 N–H and O–H groups in total. The Bertz CT molecular complexity index is 758. The van der Waals surface area contributed by atoms with Crippen molar-refractivity contribution in [2.75, 3.05) is 0 Å². The molecule has 1 heterocycles. The van der Waals surface area contributed by atoms with Crippen LogP contribution >= 0.6 is 11.6 Å². The van der Waals surface area contributed by atoms with Crippen molar-refractivity contribution >= 4 is 33.4 Å². The summed E-state index contributed by atoms with van der Waals surface area (Å²) in [4.78, 5) is 3.26. The van der Waals surface area contributed by atoms with E-state index in [0.717, 1.165) is 27.4 Å². The average Bonchev–Trinajstić information content (AvgIpc) is 2.68. The van der Waals surface area contributed by atoms with Crippen LogP contribution in [0.3, 0.4) is 0 Å². The summed E-state index contributed by atoms with van der Waals surface area (Å²) in [6.07, 6.45) is 2.41. The van der Waals surface area contributed by atoms with E-state index in [9.17, 15) is 5.11 Å². The van der Waals surface area contributed by atoms with Crippen LogP contribution < -0.4 is 0 Å². The quantitative estimate of drug-likeness (QED) is 0.656. The number of hydrogen-bond donors (Lipinski definition) is 2. The van der Waals surface area contributed by atoms with Crippen LogP contribution in [0.2, 0.25) is 5.02 Å². The summed E-state index contributed by atoms with van der Waals surface area (Å²) in [6, 6.07) is 9.47. The largest absolute Gasteiger partial charge is 0.508 e. The van der Waals surface area contributed by atoms with Crippen LogP contribution in [0.25, 0.3) is 21.8 Å². The number of benzene rings is 2. The fourth-order valence-corrected chi connectivity index (χ4v) is 2.59. The van der Waals surface area contributed by atoms with E-state index in [1.54, 1.807) is 12.1 Å². The highest BCUT2D eigenvalue weighted by molar-refractivity contribution is 6.38. The Kier molecular flexibility index (Phi) is 2.53. The Balaban J connectivity index is 2.43. The van der Waals surface area contributed by atoms with Gasteiger partial charge in [-0.2, -0.15) is 0 Å². The van der Waals surface area contributed by atoms with Crippen LogP contribution in [0.4, 0.5) is 0 Å². The molecule has 0 fully saturated rings. The fraction of sp³-hybridized carbons (Fsp3) is 0.0667. The lowest BCUT2D eigenvalue weighted by atomic mass is 10.1. The lowest BCUT2D eigenvalue weighted by Crippen LogP contribution is -1.82. The number of nitrogens with one attached hydrogen (secondary N) is 1. The molecule has 0 spiro atoms. The number of hydrogen-bond acceptors (Lipinski definition) is 1. The Hall–Kier alpha value is -1.93. The lowest BCUT2D eigenvalue weighted by Gasteiger charge is -2.02. The molecule has 0 aliphatic rings. The van der Waals surface area contributed by atoms with Crippen LogP contribution in [0.15, 0.2) is 43.0 Å². The third kappa shape index (κ3) is 1.57. The molecule has 0 saturated carbocycles. The van der Waals surface area contributed by atoms with E-state index in [1.165, 1.54) is 0 Å². The first kappa shape index (κ1) is 11.2. The van der Waals surface area contributed by atoms with Crippen molar-refractivity contribution in [3.8, 4) is 5.75 Å². The van der Waals surface area contributed by atoms with E-state index in [-0.39, 0.29) is 5.75 Å². The number of allylic oxidation sites excluding steroid dienone is 1. The minimum absolute atomic E-state index is 0.282. The smallest absolute Gasteiger partial charge is 0.121 e. The van der Waals surface area contributed by atoms with Gasteiger partial charge in [-0.05, 0) is 30.2 Å². The predicted octanol–water partition coefficient (Wildman–Crippen LogP) is 4.41. The summed E-state index contributed by atoms with van der Waals surface area (Å²) < 4.78 is 0. The van der Waals surface area contributed by atoms with Gasteiger partial charge in [0.25, 0.3) is 0 Å². The first-order valence-electron chi connectivity index (χ1n) is 5.73. The van der Waals surface area contributed by atoms with Crippen molar-refractivity contribution in [1.29, 1.82) is 0 Å². The molecule has 90 valence electrons. The van der Waals surface area contributed by atoms with E-state index in [0.29, 0.717) is 11.4 Å². The topological polar surface area (TPSA) is 36.0 Å². The molecule has 2 nitrogen and oxygen atoms in total. The third-order valence-corrected chi connectivity index (χ3v) is 3.45. The summed E-state index contributed by atoms with van der Waals surface area (Å²) in [6.45, 7) is 3.70. The molecule has 2 aromatic carbocycles. The number of aromatic nitrogens is 1. The molecule has 0 amide bonds. The van der Waals surface area contributed by atoms with Gasteiger partial charge in [0, 0.05) is 22.4 Å². The van der Waals surface area contributed by atoms with Crippen LogP contribution in [0, 0.1) is 0 Å². The zero-order chi connectivity index (χ0) is 12.7. The van der Waals surface area contributed by atoms with Crippen molar-refractivity contribution in [2.45, 2.75) is 6.42 Å². The summed E-state index contributed by atoms with van der Waals surface area (Å²) in [5.74, 6) is 0.282. The molecular weight excluding hydrogens is 246 g/mol. The van der Waals surface area contributed by atoms with Crippen molar-refractivity contribution in [2.24, 2.45) is 0 Å². The molecule has 0 saturated heterocycles. The SMILES string of the molecule is C=CCc1cc2c(cc1O)[nH]c1cccc(Cl)c12. The number of aromatic hydroxyl groups is 1. The van der Waals surface area contributed by atoms with E-state index >= 15 is 0 Å². The highest BCUT2D eigenvalue weighted by Gasteiger charge is 2.10. The molecule has 0 unspecified atom stereocenters. The van der Waals surface area contributed by atoms with Crippen LogP contribution in [0.1, 0.15) is 5.56 Å².